The standard InChI is InChI=1S/C33H42N6O2/c1-22(2)39-31-18-27(26-10-8-9-25(16-26)21-37(5)13-14-38-11-6-7-12-38)17-28(30(31)20-35-39)32(40)34-19-29-23(3)15-24(4)36-33(29)41/h8-10,15-18,20,22,29H,6-7,11-14,19,21H2,1-5H3,(H,34,40). The van der Waals surface area contributed by atoms with E-state index >= 15 is 0 Å². The number of nitrogens with one attached hydrogen (secondary N) is 1. The molecule has 216 valence electrons. The van der Waals surface area contributed by atoms with E-state index in [4.69, 9.17) is 0 Å². The number of fused-ring (bicyclic) bond motifs is 1. The number of likely N-dealkylation sites (N-methyl/N-ethyl adjacent to an activating group) is 1. The lowest BCUT2D eigenvalue weighted by molar-refractivity contribution is -0.120. The molecule has 0 aliphatic carbocycles. The Morgan fingerprint density at radius 3 is 2.63 bits per heavy atom. The van der Waals surface area contributed by atoms with E-state index in [0.29, 0.717) is 11.3 Å². The van der Waals surface area contributed by atoms with Gasteiger partial charge < -0.3 is 15.1 Å². The number of rotatable bonds is 10. The number of aliphatic imine (C=N–C) groups is 1. The molecule has 0 bridgehead atoms. The van der Waals surface area contributed by atoms with Crippen molar-refractivity contribution < 1.29 is 9.59 Å². The van der Waals surface area contributed by atoms with E-state index in [1.165, 1.54) is 31.5 Å². The van der Waals surface area contributed by atoms with E-state index in [-0.39, 0.29) is 24.4 Å². The maximum atomic E-state index is 13.6. The first-order chi connectivity index (χ1) is 19.7. The summed E-state index contributed by atoms with van der Waals surface area (Å²) in [5, 5.41) is 8.42. The van der Waals surface area contributed by atoms with Gasteiger partial charge >= 0.3 is 0 Å². The third-order valence-corrected chi connectivity index (χ3v) is 8.20. The molecule has 1 unspecified atom stereocenters. The fourth-order valence-corrected chi connectivity index (χ4v) is 5.92. The second-order valence-electron chi connectivity index (χ2n) is 11.9. The molecule has 2 amide bonds. The van der Waals surface area contributed by atoms with E-state index in [1.54, 1.807) is 6.20 Å². The minimum atomic E-state index is -0.446. The molecular weight excluding hydrogens is 512 g/mol. The monoisotopic (exact) mass is 554 g/mol. The van der Waals surface area contributed by atoms with Crippen LogP contribution in [0.2, 0.25) is 0 Å². The molecule has 1 fully saturated rings. The average Bonchev–Trinajstić information content (AvgIpc) is 3.61. The van der Waals surface area contributed by atoms with Crippen LogP contribution >= 0.6 is 0 Å². The van der Waals surface area contributed by atoms with E-state index in [0.717, 1.165) is 47.2 Å². The summed E-state index contributed by atoms with van der Waals surface area (Å²) in [4.78, 5) is 35.1. The van der Waals surface area contributed by atoms with Gasteiger partial charge in [0.2, 0.25) is 0 Å². The van der Waals surface area contributed by atoms with Crippen molar-refractivity contribution in [2.75, 3.05) is 39.8 Å². The van der Waals surface area contributed by atoms with Gasteiger partial charge in [-0.15, -0.1) is 0 Å². The van der Waals surface area contributed by atoms with Crippen LogP contribution < -0.4 is 5.32 Å². The number of amides is 2. The SMILES string of the molecule is CC1=CC(C)=NC(=O)C1CNC(=O)c1cc(-c2cccc(CN(C)CCN3CCCC3)c2)cc2c1cnn2C(C)C. The Kier molecular flexibility index (Phi) is 8.80. The van der Waals surface area contributed by atoms with Crippen molar-refractivity contribution in [3.8, 4) is 11.1 Å². The number of dihydropyridines is 1. The number of allylic oxidation sites excluding steroid dienone is 1. The summed E-state index contributed by atoms with van der Waals surface area (Å²) < 4.78 is 1.96. The number of aromatic nitrogens is 2. The van der Waals surface area contributed by atoms with Crippen LogP contribution in [0, 0.1) is 5.92 Å². The molecule has 1 saturated heterocycles. The van der Waals surface area contributed by atoms with E-state index in [9.17, 15) is 9.59 Å². The van der Waals surface area contributed by atoms with Gasteiger partial charge in [-0.25, -0.2) is 4.99 Å². The normalized spacial score (nSPS) is 17.9. The predicted octanol–water partition coefficient (Wildman–Crippen LogP) is 5.11. The summed E-state index contributed by atoms with van der Waals surface area (Å²) in [6.07, 6.45) is 6.30. The Morgan fingerprint density at radius 2 is 1.90 bits per heavy atom. The molecule has 8 nitrogen and oxygen atoms in total. The first-order valence-corrected chi connectivity index (χ1v) is 14.8. The summed E-state index contributed by atoms with van der Waals surface area (Å²) in [5.41, 5.74) is 6.36. The van der Waals surface area contributed by atoms with Crippen LogP contribution in [0.25, 0.3) is 22.0 Å². The third-order valence-electron chi connectivity index (χ3n) is 8.20. The van der Waals surface area contributed by atoms with Gasteiger partial charge in [0.25, 0.3) is 11.8 Å². The third kappa shape index (κ3) is 6.66. The smallest absolute Gasteiger partial charge is 0.254 e. The molecule has 41 heavy (non-hydrogen) atoms. The number of likely N-dealkylation sites (tertiary alicyclic amines) is 1. The van der Waals surface area contributed by atoms with Crippen LogP contribution in [0.1, 0.15) is 62.5 Å². The van der Waals surface area contributed by atoms with Crippen molar-refractivity contribution in [1.29, 1.82) is 0 Å². The molecule has 2 aromatic carbocycles. The summed E-state index contributed by atoms with van der Waals surface area (Å²) >= 11 is 0. The maximum Gasteiger partial charge on any atom is 0.254 e. The second kappa shape index (κ2) is 12.5. The van der Waals surface area contributed by atoms with Crippen LogP contribution in [-0.4, -0.2) is 76.9 Å². The van der Waals surface area contributed by atoms with E-state index in [1.807, 2.05) is 30.7 Å². The molecule has 8 heteroatoms. The number of carbonyl (C=O) groups is 2. The number of hydrogen-bond acceptors (Lipinski definition) is 5. The topological polar surface area (TPSA) is 82.8 Å². The highest BCUT2D eigenvalue weighted by molar-refractivity contribution is 6.09. The Labute approximate surface area is 243 Å². The molecule has 0 saturated carbocycles. The van der Waals surface area contributed by atoms with E-state index in [2.05, 4.69) is 76.4 Å². The van der Waals surface area contributed by atoms with Crippen molar-refractivity contribution >= 4 is 28.4 Å². The molecule has 0 spiro atoms. The molecule has 0 radical (unpaired) electrons. The van der Waals surface area contributed by atoms with Crippen LogP contribution in [0.3, 0.4) is 0 Å². The fraction of sp³-hybridized carbons (Fsp3) is 0.455. The van der Waals surface area contributed by atoms with Gasteiger partial charge in [-0.2, -0.15) is 5.10 Å². The van der Waals surface area contributed by atoms with Crippen LogP contribution in [0.4, 0.5) is 0 Å². The fourth-order valence-electron chi connectivity index (χ4n) is 5.92. The summed E-state index contributed by atoms with van der Waals surface area (Å²) in [5.74, 6) is -0.875. The Hall–Kier alpha value is -3.62. The van der Waals surface area contributed by atoms with Gasteiger partial charge in [0.15, 0.2) is 0 Å². The van der Waals surface area contributed by atoms with E-state index < -0.39 is 5.92 Å². The Morgan fingerprint density at radius 1 is 1.12 bits per heavy atom. The first-order valence-electron chi connectivity index (χ1n) is 14.8. The van der Waals surface area contributed by atoms with Gasteiger partial charge in [0.05, 0.1) is 23.2 Å². The van der Waals surface area contributed by atoms with Gasteiger partial charge in [-0.1, -0.05) is 23.8 Å². The molecular formula is C33H42N6O2. The molecule has 1 aromatic heterocycles. The van der Waals surface area contributed by atoms with Crippen molar-refractivity contribution in [3.05, 3.63) is 65.4 Å². The molecule has 2 aliphatic rings. The zero-order valence-corrected chi connectivity index (χ0v) is 25.0. The summed E-state index contributed by atoms with van der Waals surface area (Å²) in [7, 11) is 2.18. The molecule has 2 aliphatic heterocycles. The Bertz CT molecular complexity index is 1490. The van der Waals surface area contributed by atoms with Gasteiger partial charge in [0.1, 0.15) is 0 Å². The van der Waals surface area contributed by atoms with Crippen molar-refractivity contribution in [3.63, 3.8) is 0 Å². The van der Waals surface area contributed by atoms with Gasteiger partial charge in [0, 0.05) is 43.3 Å². The molecule has 1 N–H and O–H groups in total. The summed E-state index contributed by atoms with van der Waals surface area (Å²) in [6.45, 7) is 13.6. The minimum absolute atomic E-state index is 0.142. The number of hydrogen-bond donors (Lipinski definition) is 1. The highest BCUT2D eigenvalue weighted by Gasteiger charge is 2.25. The number of nitrogens with zero attached hydrogens (tertiary/aromatic N) is 5. The minimum Gasteiger partial charge on any atom is -0.351 e. The maximum absolute atomic E-state index is 13.6. The second-order valence-corrected chi connectivity index (χ2v) is 11.9. The highest BCUT2D eigenvalue weighted by atomic mass is 16.2. The lowest BCUT2D eigenvalue weighted by Crippen LogP contribution is -2.34. The number of carbonyl (C=O) groups excluding carboxylic acids is 2. The van der Waals surface area contributed by atoms with Crippen LogP contribution in [0.15, 0.2) is 59.2 Å². The summed E-state index contributed by atoms with van der Waals surface area (Å²) in [6, 6.07) is 12.8. The van der Waals surface area contributed by atoms with Crippen molar-refractivity contribution in [1.82, 2.24) is 24.9 Å². The van der Waals surface area contributed by atoms with Gasteiger partial charge in [-0.05, 0) is 102 Å². The van der Waals surface area contributed by atoms with Crippen molar-refractivity contribution in [2.24, 2.45) is 10.9 Å². The van der Waals surface area contributed by atoms with Crippen LogP contribution in [-0.2, 0) is 11.3 Å². The molecule has 3 aromatic rings. The molecule has 5 rings (SSSR count). The first kappa shape index (κ1) is 28.9. The predicted molar refractivity (Wildman–Crippen MR) is 165 cm³/mol. The number of benzene rings is 2. The molecule has 1 atom stereocenters. The largest absolute Gasteiger partial charge is 0.351 e. The van der Waals surface area contributed by atoms with Crippen molar-refractivity contribution in [2.45, 2.75) is 53.1 Å². The lowest BCUT2D eigenvalue weighted by atomic mass is 9.95. The average molecular weight is 555 g/mol. The zero-order valence-electron chi connectivity index (χ0n) is 25.0. The van der Waals surface area contributed by atoms with Gasteiger partial charge in [-0.3, -0.25) is 14.3 Å². The molecule has 3 heterocycles. The zero-order chi connectivity index (χ0) is 29.1. The highest BCUT2D eigenvalue weighted by Crippen LogP contribution is 2.30. The Balaban J connectivity index is 1.39. The lowest BCUT2D eigenvalue weighted by Gasteiger charge is -2.21. The van der Waals surface area contributed by atoms with Crippen LogP contribution in [0.5, 0.6) is 0 Å². The quantitative estimate of drug-likeness (QED) is 0.377.